The van der Waals surface area contributed by atoms with Crippen molar-refractivity contribution in [2.75, 3.05) is 6.61 Å². The summed E-state index contributed by atoms with van der Waals surface area (Å²) < 4.78 is 0. The van der Waals surface area contributed by atoms with E-state index in [0.717, 1.165) is 30.6 Å². The van der Waals surface area contributed by atoms with E-state index in [-0.39, 0.29) is 0 Å². The van der Waals surface area contributed by atoms with E-state index in [2.05, 4.69) is 19.9 Å². The van der Waals surface area contributed by atoms with Crippen LogP contribution in [0.25, 0.3) is 0 Å². The molecule has 0 aromatic heterocycles. The zero-order chi connectivity index (χ0) is 14.4. The maximum Gasteiger partial charge on any atom is 0.0661 e. The maximum absolute atomic E-state index is 9.44. The molecular weight excluding hydrogens is 246 g/mol. The third kappa shape index (κ3) is 2.10. The van der Waals surface area contributed by atoms with Crippen LogP contribution in [0.15, 0.2) is 0 Å². The molecule has 0 aromatic carbocycles. The molecule has 20 heavy (non-hydrogen) atoms. The minimum absolute atomic E-state index is 0.305. The van der Waals surface area contributed by atoms with Gasteiger partial charge in [0.2, 0.25) is 0 Å². The van der Waals surface area contributed by atoms with Gasteiger partial charge in [-0.1, -0.05) is 13.8 Å². The summed E-state index contributed by atoms with van der Waals surface area (Å²) >= 11 is 0. The molecule has 3 aliphatic carbocycles. The molecule has 6 atom stereocenters. The summed E-state index contributed by atoms with van der Waals surface area (Å²) in [5, 5.41) is 18.7. The van der Waals surface area contributed by atoms with E-state index in [9.17, 15) is 10.4 Å². The van der Waals surface area contributed by atoms with Gasteiger partial charge in [0, 0.05) is 6.61 Å². The third-order valence-corrected chi connectivity index (χ3v) is 7.29. The average Bonchev–Trinajstić information content (AvgIpc) is 2.75. The number of nitrogens with zero attached hydrogens (tertiary/aromatic N) is 1. The van der Waals surface area contributed by atoms with Crippen molar-refractivity contribution in [3.63, 3.8) is 0 Å². The van der Waals surface area contributed by atoms with Crippen LogP contribution in [-0.4, -0.2) is 11.7 Å². The maximum atomic E-state index is 9.44. The van der Waals surface area contributed by atoms with Crippen LogP contribution in [0.4, 0.5) is 0 Å². The summed E-state index contributed by atoms with van der Waals surface area (Å²) in [4.78, 5) is 0. The number of nitriles is 1. The Balaban J connectivity index is 1.76. The van der Waals surface area contributed by atoms with Gasteiger partial charge in [-0.2, -0.15) is 5.26 Å². The lowest BCUT2D eigenvalue weighted by Crippen LogP contribution is -2.45. The number of fused-ring (bicyclic) bond motifs is 3. The van der Waals surface area contributed by atoms with Crippen molar-refractivity contribution in [1.82, 2.24) is 0 Å². The first-order valence-corrected chi connectivity index (χ1v) is 8.53. The van der Waals surface area contributed by atoms with Gasteiger partial charge in [-0.3, -0.25) is 0 Å². The van der Waals surface area contributed by atoms with Gasteiger partial charge in [0.1, 0.15) is 0 Å². The van der Waals surface area contributed by atoms with E-state index in [1.54, 1.807) is 0 Å². The molecule has 3 saturated carbocycles. The smallest absolute Gasteiger partial charge is 0.0661 e. The number of aliphatic hydroxyl groups is 1. The van der Waals surface area contributed by atoms with Crippen molar-refractivity contribution >= 4 is 0 Å². The first-order chi connectivity index (χ1) is 9.52. The van der Waals surface area contributed by atoms with Crippen LogP contribution in [-0.2, 0) is 0 Å². The topological polar surface area (TPSA) is 44.0 Å². The summed E-state index contributed by atoms with van der Waals surface area (Å²) in [5.74, 6) is 2.82. The normalized spacial score (nSPS) is 51.1. The molecule has 0 aliphatic heterocycles. The fraction of sp³-hybridized carbons (Fsp3) is 0.944. The van der Waals surface area contributed by atoms with Gasteiger partial charge >= 0.3 is 0 Å². The van der Waals surface area contributed by atoms with Crippen molar-refractivity contribution in [1.29, 1.82) is 5.26 Å². The molecular formula is C18H29NO. The van der Waals surface area contributed by atoms with Crippen molar-refractivity contribution in [2.45, 2.75) is 65.2 Å². The molecule has 1 N–H and O–H groups in total. The van der Waals surface area contributed by atoms with Gasteiger partial charge in [-0.25, -0.2) is 0 Å². The largest absolute Gasteiger partial charge is 0.396 e. The highest BCUT2D eigenvalue weighted by atomic mass is 16.3. The Labute approximate surface area is 123 Å². The second-order valence-corrected chi connectivity index (χ2v) is 8.36. The Bertz CT molecular complexity index is 414. The predicted molar refractivity (Wildman–Crippen MR) is 79.8 cm³/mol. The number of rotatable bonds is 2. The number of hydrogen-bond donors (Lipinski definition) is 1. The molecule has 0 bridgehead atoms. The van der Waals surface area contributed by atoms with Gasteiger partial charge in [-0.05, 0) is 80.0 Å². The standard InChI is InChI=1S/C18H29NO/c1-17(9-10-20)7-6-15-13(11-17)5-8-18(2)14(12-19)3-4-16(15)18/h13-16,20H,3-11H2,1-2H3/t13-,14-,15-,16+,17-,18-/m1/s1. The van der Waals surface area contributed by atoms with Crippen LogP contribution in [0, 0.1) is 45.8 Å². The lowest BCUT2D eigenvalue weighted by Gasteiger charge is -2.53. The molecule has 3 fully saturated rings. The SMILES string of the molecule is C[C@]1(CCO)CC[C@@H]2[C@H](CC[C@]3(C)[C@@H](C#N)CC[C@@H]23)C1. The van der Waals surface area contributed by atoms with Crippen LogP contribution < -0.4 is 0 Å². The molecule has 0 heterocycles. The molecule has 0 spiro atoms. The van der Waals surface area contributed by atoms with E-state index < -0.39 is 0 Å². The molecule has 0 unspecified atom stereocenters. The zero-order valence-electron chi connectivity index (χ0n) is 13.1. The molecule has 2 nitrogen and oxygen atoms in total. The van der Waals surface area contributed by atoms with E-state index in [1.807, 2.05) is 0 Å². The Morgan fingerprint density at radius 2 is 1.95 bits per heavy atom. The van der Waals surface area contributed by atoms with Crippen LogP contribution in [0.5, 0.6) is 0 Å². The van der Waals surface area contributed by atoms with Crippen LogP contribution in [0.2, 0.25) is 0 Å². The van der Waals surface area contributed by atoms with Crippen LogP contribution >= 0.6 is 0 Å². The third-order valence-electron chi connectivity index (χ3n) is 7.29. The molecule has 0 amide bonds. The molecule has 3 rings (SSSR count). The minimum atomic E-state index is 0.305. The summed E-state index contributed by atoms with van der Waals surface area (Å²) in [6, 6.07) is 2.60. The summed E-state index contributed by atoms with van der Waals surface area (Å²) in [6.07, 6.45) is 9.88. The monoisotopic (exact) mass is 275 g/mol. The van der Waals surface area contributed by atoms with Gasteiger partial charge in [0.25, 0.3) is 0 Å². The fourth-order valence-corrected chi connectivity index (χ4v) is 6.02. The number of hydrogen-bond acceptors (Lipinski definition) is 2. The van der Waals surface area contributed by atoms with Gasteiger partial charge in [0.05, 0.1) is 12.0 Å². The Morgan fingerprint density at radius 1 is 1.15 bits per heavy atom. The van der Waals surface area contributed by atoms with Gasteiger partial charge in [0.15, 0.2) is 0 Å². The highest BCUT2D eigenvalue weighted by Gasteiger charge is 2.55. The van der Waals surface area contributed by atoms with Gasteiger partial charge < -0.3 is 5.11 Å². The first-order valence-electron chi connectivity index (χ1n) is 8.53. The second kappa shape index (κ2) is 5.02. The van der Waals surface area contributed by atoms with Crippen LogP contribution in [0.3, 0.4) is 0 Å². The Morgan fingerprint density at radius 3 is 2.65 bits per heavy atom. The number of aliphatic hydroxyl groups excluding tert-OH is 1. The summed E-state index contributed by atoms with van der Waals surface area (Å²) in [6.45, 7) is 5.11. The molecule has 0 radical (unpaired) electrons. The lowest BCUT2D eigenvalue weighted by molar-refractivity contribution is -0.0371. The van der Waals surface area contributed by atoms with Crippen molar-refractivity contribution < 1.29 is 5.11 Å². The molecule has 2 heteroatoms. The fourth-order valence-electron chi connectivity index (χ4n) is 6.02. The highest BCUT2D eigenvalue weighted by molar-refractivity contribution is 5.09. The van der Waals surface area contributed by atoms with Crippen molar-refractivity contribution in [3.8, 4) is 6.07 Å². The zero-order valence-corrected chi connectivity index (χ0v) is 13.1. The first kappa shape index (κ1) is 14.4. The Hall–Kier alpha value is -0.550. The molecule has 112 valence electrons. The van der Waals surface area contributed by atoms with Crippen molar-refractivity contribution in [3.05, 3.63) is 0 Å². The average molecular weight is 275 g/mol. The second-order valence-electron chi connectivity index (χ2n) is 8.36. The highest BCUT2D eigenvalue weighted by Crippen LogP contribution is 2.63. The minimum Gasteiger partial charge on any atom is -0.396 e. The molecule has 3 aliphatic rings. The van der Waals surface area contributed by atoms with Crippen LogP contribution in [0.1, 0.15) is 65.2 Å². The van der Waals surface area contributed by atoms with Gasteiger partial charge in [-0.15, -0.1) is 0 Å². The van der Waals surface area contributed by atoms with E-state index in [0.29, 0.717) is 23.4 Å². The lowest BCUT2D eigenvalue weighted by atomic mass is 9.52. The molecule has 0 saturated heterocycles. The quantitative estimate of drug-likeness (QED) is 0.823. The van der Waals surface area contributed by atoms with E-state index in [1.165, 1.54) is 38.5 Å². The van der Waals surface area contributed by atoms with E-state index >= 15 is 0 Å². The van der Waals surface area contributed by atoms with Crippen molar-refractivity contribution in [2.24, 2.45) is 34.5 Å². The predicted octanol–water partition coefficient (Wildman–Crippen LogP) is 4.14. The summed E-state index contributed by atoms with van der Waals surface area (Å²) in [7, 11) is 0. The van der Waals surface area contributed by atoms with E-state index in [4.69, 9.17) is 0 Å². The summed E-state index contributed by atoms with van der Waals surface area (Å²) in [5.41, 5.74) is 0.678. The molecule has 0 aromatic rings. The Kier molecular flexibility index (Phi) is 3.61.